The van der Waals surface area contributed by atoms with Crippen molar-refractivity contribution in [3.63, 3.8) is 0 Å². The number of methoxy groups -OCH3 is 1. The SMILES string of the molecule is COC(=O)c1c(NC(=O)COc2ccc(C(C)C)cc2)sc(C)c1-c1ccc(Br)cc1. The second kappa shape index (κ2) is 10.1. The van der Waals surface area contributed by atoms with Crippen LogP contribution in [0.25, 0.3) is 11.1 Å². The Morgan fingerprint density at radius 2 is 1.71 bits per heavy atom. The Morgan fingerprint density at radius 3 is 2.29 bits per heavy atom. The van der Waals surface area contributed by atoms with E-state index in [-0.39, 0.29) is 12.5 Å². The molecule has 0 spiro atoms. The van der Waals surface area contributed by atoms with Crippen LogP contribution >= 0.6 is 27.3 Å². The van der Waals surface area contributed by atoms with Crippen LogP contribution in [0.4, 0.5) is 5.00 Å². The second-order valence-corrected chi connectivity index (χ2v) is 9.44. The maximum absolute atomic E-state index is 12.5. The number of amides is 1. The summed E-state index contributed by atoms with van der Waals surface area (Å²) in [7, 11) is 1.33. The van der Waals surface area contributed by atoms with E-state index in [1.807, 2.05) is 55.5 Å². The smallest absolute Gasteiger partial charge is 0.341 e. The predicted octanol–water partition coefficient (Wildman–Crippen LogP) is 6.41. The molecule has 2 aromatic carbocycles. The molecule has 0 radical (unpaired) electrons. The van der Waals surface area contributed by atoms with Crippen LogP contribution in [0.3, 0.4) is 0 Å². The van der Waals surface area contributed by atoms with Crippen LogP contribution < -0.4 is 10.1 Å². The van der Waals surface area contributed by atoms with E-state index in [1.165, 1.54) is 24.0 Å². The number of nitrogens with one attached hydrogen (secondary N) is 1. The van der Waals surface area contributed by atoms with Crippen LogP contribution in [0.5, 0.6) is 5.75 Å². The highest BCUT2D eigenvalue weighted by Crippen LogP contribution is 2.40. The molecule has 0 aliphatic heterocycles. The molecule has 7 heteroatoms. The molecule has 0 saturated carbocycles. The fourth-order valence-corrected chi connectivity index (χ4v) is 4.50. The van der Waals surface area contributed by atoms with Gasteiger partial charge in [0.25, 0.3) is 5.91 Å². The Balaban J connectivity index is 1.78. The van der Waals surface area contributed by atoms with Crippen molar-refractivity contribution >= 4 is 44.1 Å². The van der Waals surface area contributed by atoms with Gasteiger partial charge in [-0.05, 0) is 48.2 Å². The summed E-state index contributed by atoms with van der Waals surface area (Å²) < 4.78 is 11.5. The topological polar surface area (TPSA) is 64.6 Å². The third kappa shape index (κ3) is 5.54. The highest BCUT2D eigenvalue weighted by molar-refractivity contribution is 9.10. The Kier molecular flexibility index (Phi) is 7.51. The van der Waals surface area contributed by atoms with Gasteiger partial charge in [-0.1, -0.05) is 54.0 Å². The minimum Gasteiger partial charge on any atom is -0.484 e. The Morgan fingerprint density at radius 1 is 1.06 bits per heavy atom. The number of thiophene rings is 1. The second-order valence-electron chi connectivity index (χ2n) is 7.30. The van der Waals surface area contributed by atoms with E-state index in [2.05, 4.69) is 35.1 Å². The van der Waals surface area contributed by atoms with E-state index in [0.717, 1.165) is 20.5 Å². The van der Waals surface area contributed by atoms with Crippen LogP contribution in [-0.4, -0.2) is 25.6 Å². The van der Waals surface area contributed by atoms with Crippen molar-refractivity contribution in [1.29, 1.82) is 0 Å². The van der Waals surface area contributed by atoms with Gasteiger partial charge in [0.15, 0.2) is 6.61 Å². The molecule has 31 heavy (non-hydrogen) atoms. The summed E-state index contributed by atoms with van der Waals surface area (Å²) in [5.74, 6) is 0.200. The van der Waals surface area contributed by atoms with Crippen LogP contribution in [0.1, 0.15) is 40.6 Å². The number of carbonyl (C=O) groups is 2. The van der Waals surface area contributed by atoms with Crippen molar-refractivity contribution in [2.45, 2.75) is 26.7 Å². The number of hydrogen-bond acceptors (Lipinski definition) is 5. The van der Waals surface area contributed by atoms with E-state index in [9.17, 15) is 9.59 Å². The molecule has 3 aromatic rings. The molecule has 1 amide bonds. The standard InChI is InChI=1S/C24H24BrNO4S/c1-14(2)16-7-11-19(12-8-16)30-13-20(27)26-23-22(24(28)29-4)21(15(3)31-23)17-5-9-18(25)10-6-17/h5-12,14H,13H2,1-4H3,(H,26,27). The van der Waals surface area contributed by atoms with Crippen LogP contribution in [0, 0.1) is 6.92 Å². The number of carbonyl (C=O) groups excluding carboxylic acids is 2. The van der Waals surface area contributed by atoms with Gasteiger partial charge in [-0.2, -0.15) is 0 Å². The molecular formula is C24H24BrNO4S. The third-order valence-electron chi connectivity index (χ3n) is 4.78. The summed E-state index contributed by atoms with van der Waals surface area (Å²) in [4.78, 5) is 26.0. The number of hydrogen-bond donors (Lipinski definition) is 1. The lowest BCUT2D eigenvalue weighted by molar-refractivity contribution is -0.118. The fraction of sp³-hybridized carbons (Fsp3) is 0.250. The van der Waals surface area contributed by atoms with Gasteiger partial charge >= 0.3 is 5.97 Å². The molecular weight excluding hydrogens is 478 g/mol. The number of halogens is 1. The van der Waals surface area contributed by atoms with Gasteiger partial charge in [-0.25, -0.2) is 4.79 Å². The van der Waals surface area contributed by atoms with E-state index in [1.54, 1.807) is 0 Å². The zero-order valence-electron chi connectivity index (χ0n) is 17.8. The first-order chi connectivity index (χ1) is 14.8. The van der Waals surface area contributed by atoms with Crippen LogP contribution in [0.2, 0.25) is 0 Å². The quantitative estimate of drug-likeness (QED) is 0.379. The summed E-state index contributed by atoms with van der Waals surface area (Å²) in [6, 6.07) is 15.3. The molecule has 0 unspecified atom stereocenters. The Hall–Kier alpha value is -2.64. The molecule has 0 aliphatic carbocycles. The predicted molar refractivity (Wildman–Crippen MR) is 128 cm³/mol. The molecule has 0 fully saturated rings. The molecule has 5 nitrogen and oxygen atoms in total. The van der Waals surface area contributed by atoms with Crippen molar-refractivity contribution in [1.82, 2.24) is 0 Å². The highest BCUT2D eigenvalue weighted by Gasteiger charge is 2.25. The van der Waals surface area contributed by atoms with Crippen molar-refractivity contribution in [2.24, 2.45) is 0 Å². The first kappa shape index (κ1) is 23.0. The van der Waals surface area contributed by atoms with E-state index >= 15 is 0 Å². The van der Waals surface area contributed by atoms with Gasteiger partial charge in [-0.3, -0.25) is 4.79 Å². The summed E-state index contributed by atoms with van der Waals surface area (Å²) in [5, 5.41) is 3.26. The number of benzene rings is 2. The number of rotatable bonds is 7. The summed E-state index contributed by atoms with van der Waals surface area (Å²) in [5.41, 5.74) is 3.18. The number of anilines is 1. The largest absolute Gasteiger partial charge is 0.484 e. The molecule has 0 atom stereocenters. The average Bonchev–Trinajstić information content (AvgIpc) is 3.08. The summed E-state index contributed by atoms with van der Waals surface area (Å²) in [6.45, 7) is 5.99. The minimum atomic E-state index is -0.497. The van der Waals surface area contributed by atoms with Crippen molar-refractivity contribution in [3.05, 3.63) is 69.0 Å². The van der Waals surface area contributed by atoms with Crippen LogP contribution in [-0.2, 0) is 9.53 Å². The lowest BCUT2D eigenvalue weighted by Crippen LogP contribution is -2.21. The maximum atomic E-state index is 12.5. The lowest BCUT2D eigenvalue weighted by Gasteiger charge is -2.10. The van der Waals surface area contributed by atoms with Crippen molar-refractivity contribution < 1.29 is 19.1 Å². The van der Waals surface area contributed by atoms with Crippen LogP contribution in [0.15, 0.2) is 53.0 Å². The third-order valence-corrected chi connectivity index (χ3v) is 6.33. The van der Waals surface area contributed by atoms with Crippen molar-refractivity contribution in [2.75, 3.05) is 19.0 Å². The normalized spacial score (nSPS) is 10.8. The molecule has 0 aliphatic rings. The molecule has 0 bridgehead atoms. The van der Waals surface area contributed by atoms with Crippen molar-refractivity contribution in [3.8, 4) is 16.9 Å². The zero-order chi connectivity index (χ0) is 22.5. The van der Waals surface area contributed by atoms with Gasteiger partial charge in [0.2, 0.25) is 0 Å². The van der Waals surface area contributed by atoms with Gasteiger partial charge in [0.1, 0.15) is 16.3 Å². The molecule has 1 heterocycles. The van der Waals surface area contributed by atoms with E-state index < -0.39 is 5.97 Å². The molecule has 1 N–H and O–H groups in total. The summed E-state index contributed by atoms with van der Waals surface area (Å²) >= 11 is 4.76. The Bertz CT molecular complexity index is 1070. The first-order valence-corrected chi connectivity index (χ1v) is 11.4. The van der Waals surface area contributed by atoms with Gasteiger partial charge in [0, 0.05) is 14.9 Å². The molecule has 0 saturated heterocycles. The molecule has 1 aromatic heterocycles. The fourth-order valence-electron chi connectivity index (χ4n) is 3.15. The zero-order valence-corrected chi connectivity index (χ0v) is 20.2. The molecule has 162 valence electrons. The minimum absolute atomic E-state index is 0.161. The van der Waals surface area contributed by atoms with Gasteiger partial charge in [0.05, 0.1) is 7.11 Å². The van der Waals surface area contributed by atoms with Gasteiger partial charge < -0.3 is 14.8 Å². The Labute approximate surface area is 194 Å². The molecule has 3 rings (SSSR count). The average molecular weight is 502 g/mol. The number of aryl methyl sites for hydroxylation is 1. The van der Waals surface area contributed by atoms with E-state index in [0.29, 0.717) is 22.2 Å². The number of esters is 1. The summed E-state index contributed by atoms with van der Waals surface area (Å²) in [6.07, 6.45) is 0. The number of ether oxygens (including phenoxy) is 2. The van der Waals surface area contributed by atoms with Gasteiger partial charge in [-0.15, -0.1) is 11.3 Å². The lowest BCUT2D eigenvalue weighted by atomic mass is 10.0. The maximum Gasteiger partial charge on any atom is 0.341 e. The monoisotopic (exact) mass is 501 g/mol. The highest BCUT2D eigenvalue weighted by atomic mass is 79.9. The van der Waals surface area contributed by atoms with E-state index in [4.69, 9.17) is 9.47 Å². The first-order valence-electron chi connectivity index (χ1n) is 9.80.